The molecule has 0 fully saturated rings. The maximum Gasteiger partial charge on any atom is 0.316 e. The minimum atomic E-state index is -0.833. The molecule has 0 aliphatic heterocycles. The fourth-order valence-corrected chi connectivity index (χ4v) is 0. The van der Waals surface area contributed by atoms with E-state index in [-0.39, 0.29) is 49.3 Å². The Balaban J connectivity index is -0.0000000300. The Hall–Kier alpha value is 0.589. The van der Waals surface area contributed by atoms with Gasteiger partial charge < -0.3 is 10.2 Å². The quantitative estimate of drug-likeness (QED) is 0.545. The third-order valence-corrected chi connectivity index (χ3v) is 0. The van der Waals surface area contributed by atoms with Gasteiger partial charge in [-0.05, 0) is 0 Å². The van der Waals surface area contributed by atoms with E-state index in [4.69, 9.17) is 19.8 Å². The molecule has 2 N–H and O–H groups in total. The molecule has 0 spiro atoms. The molecule has 0 amide bonds. The molecule has 6 heteroatoms. The zero-order valence-corrected chi connectivity index (χ0v) is 7.67. The van der Waals surface area contributed by atoms with Crippen molar-refractivity contribution in [2.75, 3.05) is 0 Å². The number of carboxylic acids is 2. The summed E-state index contributed by atoms with van der Waals surface area (Å²) in [7, 11) is 0. The van der Waals surface area contributed by atoms with Crippen LogP contribution in [0.5, 0.6) is 0 Å². The Morgan fingerprint density at radius 3 is 1.00 bits per heavy atom. The third-order valence-electron chi connectivity index (χ3n) is 0. The van der Waals surface area contributed by atoms with E-state index in [0.29, 0.717) is 0 Å². The minimum absolute atomic E-state index is 0. The van der Waals surface area contributed by atoms with Crippen molar-refractivity contribution in [1.29, 1.82) is 0 Å². The molecule has 0 aromatic heterocycles. The van der Waals surface area contributed by atoms with Crippen LogP contribution >= 0.6 is 0 Å². The Bertz CT molecular complexity index is 75.3. The molecule has 0 heterocycles. The van der Waals surface area contributed by atoms with Crippen LogP contribution in [-0.2, 0) is 35.8 Å². The summed E-state index contributed by atoms with van der Waals surface area (Å²) in [6.07, 6.45) is 0. The van der Waals surface area contributed by atoms with Gasteiger partial charge in [-0.15, -0.1) is 0 Å². The molecule has 0 saturated heterocycles. The maximum atomic E-state index is 9.00. The van der Waals surface area contributed by atoms with Gasteiger partial charge in [0.15, 0.2) is 0 Å². The van der Waals surface area contributed by atoms with E-state index < -0.39 is 11.9 Å². The number of hydrogen-bond donors (Lipinski definition) is 2. The zero-order chi connectivity index (χ0) is 7.15. The van der Waals surface area contributed by atoms with Crippen LogP contribution in [0.1, 0.15) is 13.8 Å². The van der Waals surface area contributed by atoms with Crippen LogP contribution in [0, 0.1) is 0 Å². The predicted molar refractivity (Wildman–Crippen MR) is 35.2 cm³/mol. The molecular formula is C4H10MgO4Zr. The molecule has 0 aliphatic carbocycles. The van der Waals surface area contributed by atoms with Crippen molar-refractivity contribution in [1.82, 2.24) is 0 Å². The largest absolute Gasteiger partial charge is 0.481 e. The van der Waals surface area contributed by atoms with Crippen LogP contribution < -0.4 is 0 Å². The number of rotatable bonds is 0. The molecule has 0 radical (unpaired) electrons. The van der Waals surface area contributed by atoms with Gasteiger partial charge >= 0.3 is 23.1 Å². The molecule has 10 heavy (non-hydrogen) atoms. The van der Waals surface area contributed by atoms with Gasteiger partial charge in [-0.25, -0.2) is 0 Å². The number of carboxylic acid groups (broad SMARTS) is 2. The van der Waals surface area contributed by atoms with Gasteiger partial charge in [-0.2, -0.15) is 0 Å². The standard InChI is InChI=1S/2C2H4O2.Mg.Zr.2H/c2*1-2(3)4;;;;/h2*1H3,(H,3,4);;;;. The van der Waals surface area contributed by atoms with Crippen LogP contribution in [0.15, 0.2) is 0 Å². The molecule has 0 rings (SSSR count). The Morgan fingerprint density at radius 1 is 1.00 bits per heavy atom. The van der Waals surface area contributed by atoms with E-state index in [1.807, 2.05) is 0 Å². The summed E-state index contributed by atoms with van der Waals surface area (Å²) < 4.78 is 0. The minimum Gasteiger partial charge on any atom is -0.481 e. The van der Waals surface area contributed by atoms with Crippen LogP contribution in [-0.4, -0.2) is 45.2 Å². The van der Waals surface area contributed by atoms with Crippen LogP contribution in [0.2, 0.25) is 0 Å². The first-order valence-corrected chi connectivity index (χ1v) is 1.86. The van der Waals surface area contributed by atoms with Gasteiger partial charge in [0.05, 0.1) is 0 Å². The summed E-state index contributed by atoms with van der Waals surface area (Å²) in [5.41, 5.74) is 0. The van der Waals surface area contributed by atoms with Crippen molar-refractivity contribution < 1.29 is 46.0 Å². The van der Waals surface area contributed by atoms with Crippen molar-refractivity contribution in [3.8, 4) is 0 Å². The fourth-order valence-electron chi connectivity index (χ4n) is 0. The van der Waals surface area contributed by atoms with Crippen molar-refractivity contribution in [2.45, 2.75) is 13.8 Å². The first kappa shape index (κ1) is 22.4. The Morgan fingerprint density at radius 2 is 1.00 bits per heavy atom. The summed E-state index contributed by atoms with van der Waals surface area (Å²) in [4.78, 5) is 18.0. The Labute approximate surface area is 94.3 Å². The second-order valence-corrected chi connectivity index (χ2v) is 1.04. The molecule has 0 bridgehead atoms. The van der Waals surface area contributed by atoms with E-state index in [2.05, 4.69) is 0 Å². The van der Waals surface area contributed by atoms with Gasteiger partial charge in [-0.3, -0.25) is 9.59 Å². The van der Waals surface area contributed by atoms with E-state index in [1.54, 1.807) is 0 Å². The molecule has 0 saturated carbocycles. The van der Waals surface area contributed by atoms with Crippen LogP contribution in [0.4, 0.5) is 0 Å². The summed E-state index contributed by atoms with van der Waals surface area (Å²) in [6.45, 7) is 2.17. The summed E-state index contributed by atoms with van der Waals surface area (Å²) in [5.74, 6) is -1.67. The van der Waals surface area contributed by atoms with Crippen molar-refractivity contribution in [2.24, 2.45) is 0 Å². The molecule has 0 aromatic carbocycles. The van der Waals surface area contributed by atoms with Crippen molar-refractivity contribution in [3.05, 3.63) is 0 Å². The summed E-state index contributed by atoms with van der Waals surface area (Å²) in [6, 6.07) is 0. The second-order valence-electron chi connectivity index (χ2n) is 1.04. The summed E-state index contributed by atoms with van der Waals surface area (Å²) in [5, 5.41) is 14.8. The normalized spacial score (nSPS) is 5.00. The van der Waals surface area contributed by atoms with Gasteiger partial charge in [0.1, 0.15) is 0 Å². The van der Waals surface area contributed by atoms with Crippen LogP contribution in [0.3, 0.4) is 0 Å². The SMILES string of the molecule is CC(=O)O.CC(=O)O.[MgH2].[Zr]. The van der Waals surface area contributed by atoms with E-state index in [9.17, 15) is 0 Å². The zero-order valence-electron chi connectivity index (χ0n) is 5.21. The van der Waals surface area contributed by atoms with Crippen LogP contribution in [0.25, 0.3) is 0 Å². The number of hydrogen-bond acceptors (Lipinski definition) is 2. The molecule has 4 nitrogen and oxygen atoms in total. The van der Waals surface area contributed by atoms with Crippen molar-refractivity contribution >= 4 is 35.0 Å². The number of carbonyl (C=O) groups is 2. The molecule has 0 atom stereocenters. The molecular weight excluding hydrogens is 228 g/mol. The molecule has 0 aromatic rings. The topological polar surface area (TPSA) is 74.6 Å². The van der Waals surface area contributed by atoms with E-state index in [0.717, 1.165) is 13.8 Å². The van der Waals surface area contributed by atoms with Gasteiger partial charge in [-0.1, -0.05) is 0 Å². The molecule has 56 valence electrons. The first-order valence-electron chi connectivity index (χ1n) is 1.86. The first-order chi connectivity index (χ1) is 3.46. The van der Waals surface area contributed by atoms with Gasteiger partial charge in [0.2, 0.25) is 0 Å². The average molecular weight is 238 g/mol. The predicted octanol–water partition coefficient (Wildman–Crippen LogP) is -0.737. The monoisotopic (exact) mass is 236 g/mol. The van der Waals surface area contributed by atoms with Crippen molar-refractivity contribution in [3.63, 3.8) is 0 Å². The third kappa shape index (κ3) is 1420. The fraction of sp³-hybridized carbons (Fsp3) is 0.500. The van der Waals surface area contributed by atoms with Gasteiger partial charge in [0, 0.05) is 40.1 Å². The van der Waals surface area contributed by atoms with E-state index in [1.165, 1.54) is 0 Å². The smallest absolute Gasteiger partial charge is 0.316 e. The molecule has 0 aliphatic rings. The van der Waals surface area contributed by atoms with E-state index >= 15 is 0 Å². The second kappa shape index (κ2) is 16.3. The maximum absolute atomic E-state index is 9.00. The Kier molecular flexibility index (Phi) is 36.5. The number of aliphatic carboxylic acids is 2. The molecule has 0 unspecified atom stereocenters. The summed E-state index contributed by atoms with van der Waals surface area (Å²) >= 11 is 0. The average Bonchev–Trinajstić information content (AvgIpc) is 1.25. The van der Waals surface area contributed by atoms with Gasteiger partial charge in [0.25, 0.3) is 11.9 Å².